The van der Waals surface area contributed by atoms with E-state index in [1.807, 2.05) is 51.1 Å². The average molecular weight is 461 g/mol. The number of fused-ring (bicyclic) bond motifs is 1. The summed E-state index contributed by atoms with van der Waals surface area (Å²) in [6.07, 6.45) is 7.33. The summed E-state index contributed by atoms with van der Waals surface area (Å²) in [6.45, 7) is 6.59. The minimum absolute atomic E-state index is 0.0246. The Labute approximate surface area is 197 Å². The van der Waals surface area contributed by atoms with Crippen LogP contribution in [0.5, 0.6) is 5.75 Å². The van der Waals surface area contributed by atoms with E-state index in [2.05, 4.69) is 0 Å². The van der Waals surface area contributed by atoms with Crippen LogP contribution in [-0.4, -0.2) is 53.8 Å². The fourth-order valence-electron chi connectivity index (χ4n) is 5.00. The smallest absolute Gasteiger partial charge is 0.306 e. The maximum Gasteiger partial charge on any atom is 0.306 e. The van der Waals surface area contributed by atoms with Crippen LogP contribution >= 0.6 is 0 Å². The van der Waals surface area contributed by atoms with Crippen molar-refractivity contribution in [2.75, 3.05) is 13.2 Å². The maximum atomic E-state index is 11.8. The largest absolute Gasteiger partial charge is 0.491 e. The normalized spacial score (nSPS) is 28.5. The summed E-state index contributed by atoms with van der Waals surface area (Å²) in [5.74, 6) is 1.26. The maximum absolute atomic E-state index is 11.8. The second kappa shape index (κ2) is 12.5. The van der Waals surface area contributed by atoms with E-state index < -0.39 is 12.2 Å². The zero-order valence-corrected chi connectivity index (χ0v) is 20.2. The fourth-order valence-corrected chi connectivity index (χ4v) is 5.00. The molecule has 184 valence electrons. The molecule has 0 amide bonds. The van der Waals surface area contributed by atoms with E-state index in [0.717, 1.165) is 37.0 Å². The zero-order valence-electron chi connectivity index (χ0n) is 20.2. The highest BCUT2D eigenvalue weighted by Gasteiger charge is 2.43. The highest BCUT2D eigenvalue weighted by atomic mass is 16.5. The molecule has 2 fully saturated rings. The van der Waals surface area contributed by atoms with Crippen LogP contribution in [0, 0.1) is 24.7 Å². The summed E-state index contributed by atoms with van der Waals surface area (Å²) in [7, 11) is 0. The van der Waals surface area contributed by atoms with Gasteiger partial charge in [-0.15, -0.1) is 0 Å². The molecule has 0 radical (unpaired) electrons. The lowest BCUT2D eigenvalue weighted by Crippen LogP contribution is -2.22. The molecule has 0 unspecified atom stereocenters. The van der Waals surface area contributed by atoms with Gasteiger partial charge in [0.15, 0.2) is 0 Å². The van der Waals surface area contributed by atoms with Crippen molar-refractivity contribution in [1.82, 2.24) is 0 Å². The first-order chi connectivity index (χ1) is 15.8. The molecule has 2 aliphatic rings. The van der Waals surface area contributed by atoms with Crippen molar-refractivity contribution >= 4 is 5.97 Å². The number of ether oxygens (including phenoxy) is 3. The summed E-state index contributed by atoms with van der Waals surface area (Å²) in [5, 5.41) is 21.0. The summed E-state index contributed by atoms with van der Waals surface area (Å²) < 4.78 is 17.1. The first kappa shape index (κ1) is 25.7. The summed E-state index contributed by atoms with van der Waals surface area (Å²) in [6, 6.07) is 7.75. The zero-order chi connectivity index (χ0) is 23.8. The van der Waals surface area contributed by atoms with E-state index >= 15 is 0 Å². The van der Waals surface area contributed by atoms with Gasteiger partial charge in [-0.3, -0.25) is 4.79 Å². The van der Waals surface area contributed by atoms with Gasteiger partial charge in [0, 0.05) is 25.4 Å². The number of carbonyl (C=O) groups excluding carboxylic acids is 1. The fraction of sp³-hybridized carbons (Fsp3) is 0.667. The van der Waals surface area contributed by atoms with Gasteiger partial charge in [0.2, 0.25) is 0 Å². The molecule has 1 saturated heterocycles. The summed E-state index contributed by atoms with van der Waals surface area (Å²) in [4.78, 5) is 11.8. The summed E-state index contributed by atoms with van der Waals surface area (Å²) in [5.41, 5.74) is 1.11. The number of aliphatic hydroxyl groups excluding tert-OH is 2. The number of carbonyl (C=O) groups is 1. The molecular weight excluding hydrogens is 420 g/mol. The predicted molar refractivity (Wildman–Crippen MR) is 127 cm³/mol. The molecule has 1 aromatic carbocycles. The number of benzene rings is 1. The van der Waals surface area contributed by atoms with Crippen LogP contribution in [0.3, 0.4) is 0 Å². The molecule has 1 aromatic rings. The van der Waals surface area contributed by atoms with Crippen LogP contribution in [0.25, 0.3) is 0 Å². The molecule has 6 atom stereocenters. The van der Waals surface area contributed by atoms with Gasteiger partial charge in [-0.05, 0) is 76.0 Å². The first-order valence-electron chi connectivity index (χ1n) is 12.4. The minimum atomic E-state index is -0.734. The Morgan fingerprint density at radius 1 is 1.30 bits per heavy atom. The third-order valence-electron chi connectivity index (χ3n) is 6.67. The third-order valence-corrected chi connectivity index (χ3v) is 6.67. The number of aryl methyl sites for hydroxylation is 1. The SMILES string of the molecule is Cc1cccc(OC[C@H](O)/C=C/[C@@H]2[C@H]3CC[C@H](CCCC(=O)OC(C)C)CO[C@H]3C[C@H]2O)c1. The summed E-state index contributed by atoms with van der Waals surface area (Å²) >= 11 is 0. The van der Waals surface area contributed by atoms with E-state index in [0.29, 0.717) is 25.4 Å². The monoisotopic (exact) mass is 460 g/mol. The lowest BCUT2D eigenvalue weighted by Gasteiger charge is -2.21. The highest BCUT2D eigenvalue weighted by molar-refractivity contribution is 5.69. The number of hydrogen-bond acceptors (Lipinski definition) is 6. The number of rotatable bonds is 10. The topological polar surface area (TPSA) is 85.2 Å². The Balaban J connectivity index is 1.45. The van der Waals surface area contributed by atoms with Crippen LogP contribution in [-0.2, 0) is 14.3 Å². The van der Waals surface area contributed by atoms with E-state index in [9.17, 15) is 15.0 Å². The lowest BCUT2D eigenvalue weighted by molar-refractivity contribution is -0.147. The van der Waals surface area contributed by atoms with Crippen molar-refractivity contribution in [3.8, 4) is 5.75 Å². The van der Waals surface area contributed by atoms with Crippen LogP contribution in [0.15, 0.2) is 36.4 Å². The lowest BCUT2D eigenvalue weighted by atomic mass is 9.86. The van der Waals surface area contributed by atoms with Gasteiger partial charge in [-0.25, -0.2) is 0 Å². The average Bonchev–Trinajstić information content (AvgIpc) is 2.92. The molecule has 6 nitrogen and oxygen atoms in total. The van der Waals surface area contributed by atoms with Gasteiger partial charge in [-0.2, -0.15) is 0 Å². The van der Waals surface area contributed by atoms with Crippen LogP contribution in [0.4, 0.5) is 0 Å². The number of esters is 1. The molecule has 0 bridgehead atoms. The Morgan fingerprint density at radius 3 is 2.88 bits per heavy atom. The Bertz CT molecular complexity index is 776. The van der Waals surface area contributed by atoms with Crippen LogP contribution in [0.2, 0.25) is 0 Å². The molecule has 1 heterocycles. The standard InChI is InChI=1S/C27H40O6/c1-18(2)33-27(30)9-5-7-20-10-12-24-23(25(29)15-26(24)32-16-20)13-11-21(28)17-31-22-8-4-6-19(3)14-22/h4,6,8,11,13-14,18,20-21,23-26,28-29H,5,7,9-10,12,15-17H2,1-3H3/b13-11+/t20-,21+,23+,24+,25+,26-/m0/s1. The number of aliphatic hydroxyl groups is 2. The van der Waals surface area contributed by atoms with Crippen molar-refractivity contribution in [1.29, 1.82) is 0 Å². The van der Waals surface area contributed by atoms with Gasteiger partial charge >= 0.3 is 5.97 Å². The molecule has 6 heteroatoms. The van der Waals surface area contributed by atoms with Crippen LogP contribution < -0.4 is 4.74 Å². The second-order valence-electron chi connectivity index (χ2n) is 9.87. The Hall–Kier alpha value is -1.89. The number of hydrogen-bond donors (Lipinski definition) is 2. The quantitative estimate of drug-likeness (QED) is 0.402. The van der Waals surface area contributed by atoms with Crippen molar-refractivity contribution in [2.45, 2.75) is 83.7 Å². The van der Waals surface area contributed by atoms with Crippen molar-refractivity contribution < 1.29 is 29.2 Å². The van der Waals surface area contributed by atoms with Crippen LogP contribution in [0.1, 0.15) is 57.9 Å². The van der Waals surface area contributed by atoms with Crippen molar-refractivity contribution in [2.24, 2.45) is 17.8 Å². The molecule has 3 rings (SSSR count). The first-order valence-corrected chi connectivity index (χ1v) is 12.4. The van der Waals surface area contributed by atoms with E-state index in [-0.39, 0.29) is 36.6 Å². The van der Waals surface area contributed by atoms with E-state index in [1.54, 1.807) is 6.08 Å². The minimum Gasteiger partial charge on any atom is -0.491 e. The van der Waals surface area contributed by atoms with Gasteiger partial charge in [0.25, 0.3) is 0 Å². The van der Waals surface area contributed by atoms with Gasteiger partial charge in [0.05, 0.1) is 18.3 Å². The van der Waals surface area contributed by atoms with E-state index in [4.69, 9.17) is 14.2 Å². The van der Waals surface area contributed by atoms with Crippen molar-refractivity contribution in [3.05, 3.63) is 42.0 Å². The third kappa shape index (κ3) is 8.13. The van der Waals surface area contributed by atoms with Gasteiger partial charge in [0.1, 0.15) is 18.5 Å². The molecule has 2 N–H and O–H groups in total. The molecule has 0 aromatic heterocycles. The molecule has 1 aliphatic heterocycles. The molecule has 33 heavy (non-hydrogen) atoms. The highest BCUT2D eigenvalue weighted by Crippen LogP contribution is 2.42. The molecule has 1 aliphatic carbocycles. The van der Waals surface area contributed by atoms with Crippen molar-refractivity contribution in [3.63, 3.8) is 0 Å². The van der Waals surface area contributed by atoms with Gasteiger partial charge in [-0.1, -0.05) is 24.3 Å². The Morgan fingerprint density at radius 2 is 2.12 bits per heavy atom. The Kier molecular flexibility index (Phi) is 9.78. The molecular formula is C27H40O6. The second-order valence-corrected chi connectivity index (χ2v) is 9.87. The molecule has 0 spiro atoms. The van der Waals surface area contributed by atoms with E-state index in [1.165, 1.54) is 0 Å². The predicted octanol–water partition coefficient (Wildman–Crippen LogP) is 4.21. The van der Waals surface area contributed by atoms with Gasteiger partial charge < -0.3 is 24.4 Å². The molecule has 1 saturated carbocycles.